The van der Waals surface area contributed by atoms with Crippen LogP contribution in [0.25, 0.3) is 0 Å². The van der Waals surface area contributed by atoms with Crippen LogP contribution in [0.5, 0.6) is 0 Å². The van der Waals surface area contributed by atoms with E-state index in [2.05, 4.69) is 10.6 Å². The van der Waals surface area contributed by atoms with Crippen molar-refractivity contribution in [1.29, 1.82) is 0 Å². The predicted octanol–water partition coefficient (Wildman–Crippen LogP) is 2.61. The highest BCUT2D eigenvalue weighted by Crippen LogP contribution is 2.19. The van der Waals surface area contributed by atoms with Gasteiger partial charge in [-0.2, -0.15) is 0 Å². The Morgan fingerprint density at radius 2 is 2.04 bits per heavy atom. The monoisotopic (exact) mass is 331 g/mol. The molecule has 1 aromatic rings. The molecule has 0 radical (unpaired) electrons. The first-order valence-corrected chi connectivity index (χ1v) is 8.70. The Balaban J connectivity index is 1.62. The van der Waals surface area contributed by atoms with Crippen molar-refractivity contribution in [2.45, 2.75) is 44.7 Å². The van der Waals surface area contributed by atoms with Crippen molar-refractivity contribution in [2.75, 3.05) is 25.1 Å². The second-order valence-electron chi connectivity index (χ2n) is 6.58. The van der Waals surface area contributed by atoms with Gasteiger partial charge >= 0.3 is 6.03 Å². The number of benzene rings is 1. The Kier molecular flexibility index (Phi) is 5.35. The van der Waals surface area contributed by atoms with E-state index in [1.807, 2.05) is 11.8 Å². The number of nitrogens with one attached hydrogen (secondary N) is 2. The Bertz CT molecular complexity index is 599. The minimum Gasteiger partial charge on any atom is -0.377 e. The largest absolute Gasteiger partial charge is 0.377 e. The van der Waals surface area contributed by atoms with Crippen LogP contribution in [0.1, 0.15) is 43.0 Å². The maximum Gasteiger partial charge on any atom is 0.319 e. The second-order valence-corrected chi connectivity index (χ2v) is 6.58. The van der Waals surface area contributed by atoms with Crippen LogP contribution in [-0.2, 0) is 4.74 Å². The van der Waals surface area contributed by atoms with Crippen LogP contribution < -0.4 is 10.6 Å². The van der Waals surface area contributed by atoms with Crippen LogP contribution in [0, 0.1) is 0 Å². The van der Waals surface area contributed by atoms with Crippen LogP contribution in [0.3, 0.4) is 0 Å². The fourth-order valence-corrected chi connectivity index (χ4v) is 3.35. The molecule has 1 aliphatic carbocycles. The molecule has 1 aromatic carbocycles. The third-order valence-electron chi connectivity index (χ3n) is 4.69. The van der Waals surface area contributed by atoms with E-state index in [-0.39, 0.29) is 24.0 Å². The Hall–Kier alpha value is -2.08. The first-order chi connectivity index (χ1) is 11.6. The molecule has 24 heavy (non-hydrogen) atoms. The molecule has 130 valence electrons. The van der Waals surface area contributed by atoms with Crippen molar-refractivity contribution in [1.82, 2.24) is 10.2 Å². The Labute approximate surface area is 142 Å². The molecule has 3 amide bonds. The number of carbonyl (C=O) groups is 2. The van der Waals surface area contributed by atoms with E-state index in [0.717, 1.165) is 12.8 Å². The van der Waals surface area contributed by atoms with E-state index in [0.29, 0.717) is 31.0 Å². The van der Waals surface area contributed by atoms with Crippen LogP contribution in [0.4, 0.5) is 10.5 Å². The highest BCUT2D eigenvalue weighted by Gasteiger charge is 2.25. The van der Waals surface area contributed by atoms with Crippen molar-refractivity contribution < 1.29 is 14.3 Å². The van der Waals surface area contributed by atoms with E-state index >= 15 is 0 Å². The minimum atomic E-state index is -0.203. The number of anilines is 1. The van der Waals surface area contributed by atoms with Crippen molar-refractivity contribution in [2.24, 2.45) is 0 Å². The highest BCUT2D eigenvalue weighted by atomic mass is 16.5. The highest BCUT2D eigenvalue weighted by molar-refractivity contribution is 5.97. The summed E-state index contributed by atoms with van der Waals surface area (Å²) in [5, 5.41) is 5.82. The topological polar surface area (TPSA) is 70.7 Å². The summed E-state index contributed by atoms with van der Waals surface area (Å²) in [4.78, 5) is 26.6. The van der Waals surface area contributed by atoms with Gasteiger partial charge in [-0.3, -0.25) is 4.79 Å². The molecule has 1 heterocycles. The molecule has 1 saturated carbocycles. The van der Waals surface area contributed by atoms with E-state index in [4.69, 9.17) is 4.74 Å². The molecule has 1 saturated heterocycles. The van der Waals surface area contributed by atoms with Gasteiger partial charge in [0, 0.05) is 23.8 Å². The molecule has 0 aromatic heterocycles. The number of amides is 3. The smallest absolute Gasteiger partial charge is 0.319 e. The molecule has 0 bridgehead atoms. The zero-order valence-corrected chi connectivity index (χ0v) is 14.1. The normalized spacial score (nSPS) is 21.5. The standard InChI is InChI=1S/C18H25N3O3/c1-13-12-24-10-9-21(13)17(22)14-5-4-8-16(11-14)20-18(23)19-15-6-2-3-7-15/h4-5,8,11,13,15H,2-3,6-7,9-10,12H2,1H3,(H2,19,20,23). The van der Waals surface area contributed by atoms with Gasteiger partial charge < -0.3 is 20.3 Å². The van der Waals surface area contributed by atoms with Gasteiger partial charge in [-0.25, -0.2) is 4.79 Å². The lowest BCUT2D eigenvalue weighted by molar-refractivity contribution is 0.00360. The van der Waals surface area contributed by atoms with Gasteiger partial charge in [0.05, 0.1) is 19.3 Å². The van der Waals surface area contributed by atoms with Crippen molar-refractivity contribution in [3.63, 3.8) is 0 Å². The quantitative estimate of drug-likeness (QED) is 0.894. The molecule has 1 aliphatic heterocycles. The summed E-state index contributed by atoms with van der Waals surface area (Å²) < 4.78 is 5.38. The lowest BCUT2D eigenvalue weighted by atomic mass is 10.1. The van der Waals surface area contributed by atoms with Crippen molar-refractivity contribution >= 4 is 17.6 Å². The van der Waals surface area contributed by atoms with Crippen molar-refractivity contribution in [3.05, 3.63) is 29.8 Å². The average molecular weight is 331 g/mol. The number of hydrogen-bond acceptors (Lipinski definition) is 3. The Morgan fingerprint density at radius 1 is 1.25 bits per heavy atom. The van der Waals surface area contributed by atoms with E-state index in [1.165, 1.54) is 12.8 Å². The summed E-state index contributed by atoms with van der Waals surface area (Å²) >= 11 is 0. The molecule has 2 aliphatic rings. The summed E-state index contributed by atoms with van der Waals surface area (Å²) in [6.45, 7) is 3.71. The maximum atomic E-state index is 12.7. The lowest BCUT2D eigenvalue weighted by Gasteiger charge is -2.33. The zero-order chi connectivity index (χ0) is 16.9. The minimum absolute atomic E-state index is 0.0225. The summed E-state index contributed by atoms with van der Waals surface area (Å²) in [5.41, 5.74) is 1.22. The molecule has 3 rings (SSSR count). The third kappa shape index (κ3) is 4.06. The van der Waals surface area contributed by atoms with Crippen LogP contribution >= 0.6 is 0 Å². The van der Waals surface area contributed by atoms with Crippen LogP contribution in [0.15, 0.2) is 24.3 Å². The van der Waals surface area contributed by atoms with Crippen LogP contribution in [-0.4, -0.2) is 48.7 Å². The summed E-state index contributed by atoms with van der Waals surface area (Å²) in [7, 11) is 0. The molecule has 2 fully saturated rings. The second kappa shape index (κ2) is 7.66. The van der Waals surface area contributed by atoms with Gasteiger partial charge in [-0.15, -0.1) is 0 Å². The summed E-state index contributed by atoms with van der Waals surface area (Å²) in [6, 6.07) is 7.24. The predicted molar refractivity (Wildman–Crippen MR) is 92.2 cm³/mol. The van der Waals surface area contributed by atoms with Crippen molar-refractivity contribution in [3.8, 4) is 0 Å². The number of hydrogen-bond donors (Lipinski definition) is 2. The number of urea groups is 1. The maximum absolute atomic E-state index is 12.7. The SMILES string of the molecule is CC1COCCN1C(=O)c1cccc(NC(=O)NC2CCCC2)c1. The first-order valence-electron chi connectivity index (χ1n) is 8.70. The number of nitrogens with zero attached hydrogens (tertiary/aromatic N) is 1. The molecule has 2 N–H and O–H groups in total. The molecule has 1 atom stereocenters. The van der Waals surface area contributed by atoms with E-state index < -0.39 is 0 Å². The van der Waals surface area contributed by atoms with Crippen LogP contribution in [0.2, 0.25) is 0 Å². The third-order valence-corrected chi connectivity index (χ3v) is 4.69. The van der Waals surface area contributed by atoms with Gasteiger partial charge in [0.15, 0.2) is 0 Å². The summed E-state index contributed by atoms with van der Waals surface area (Å²) in [5.74, 6) is -0.0225. The van der Waals surface area contributed by atoms with Gasteiger partial charge in [0.1, 0.15) is 0 Å². The molecule has 0 spiro atoms. The van der Waals surface area contributed by atoms with E-state index in [9.17, 15) is 9.59 Å². The summed E-state index contributed by atoms with van der Waals surface area (Å²) in [6.07, 6.45) is 4.43. The zero-order valence-electron chi connectivity index (χ0n) is 14.1. The molecular formula is C18H25N3O3. The van der Waals surface area contributed by atoms with Gasteiger partial charge in [0.25, 0.3) is 5.91 Å². The fraction of sp³-hybridized carbons (Fsp3) is 0.556. The fourth-order valence-electron chi connectivity index (χ4n) is 3.35. The number of ether oxygens (including phenoxy) is 1. The molecule has 6 heteroatoms. The van der Waals surface area contributed by atoms with Gasteiger partial charge in [0.2, 0.25) is 0 Å². The molecule has 6 nitrogen and oxygen atoms in total. The van der Waals surface area contributed by atoms with E-state index in [1.54, 1.807) is 24.3 Å². The average Bonchev–Trinajstić information content (AvgIpc) is 3.07. The van der Waals surface area contributed by atoms with Gasteiger partial charge in [-0.1, -0.05) is 18.9 Å². The molecular weight excluding hydrogens is 306 g/mol. The molecule has 1 unspecified atom stereocenters. The van der Waals surface area contributed by atoms with Gasteiger partial charge in [-0.05, 0) is 38.0 Å². The lowest BCUT2D eigenvalue weighted by Crippen LogP contribution is -2.47. The number of rotatable bonds is 3. The number of morpholine rings is 1. The first kappa shape index (κ1) is 16.8. The Morgan fingerprint density at radius 3 is 2.79 bits per heavy atom. The number of carbonyl (C=O) groups excluding carboxylic acids is 2.